The predicted octanol–water partition coefficient (Wildman–Crippen LogP) is 1.59. The fourth-order valence-electron chi connectivity index (χ4n) is 0.164. The molecule has 0 rings (SSSR count). The molecular formula is C3H7Cl2F2N. The molecule has 52 valence electrons. The summed E-state index contributed by atoms with van der Waals surface area (Å²) in [6, 6.07) is 0. The number of nitrogens with two attached hydrogens (primary N) is 1. The molecule has 0 bridgehead atoms. The first-order valence-corrected chi connectivity index (χ1v) is 2.21. The predicted molar refractivity (Wildman–Crippen MR) is 31.7 cm³/mol. The zero-order valence-corrected chi connectivity index (χ0v) is 5.61. The normalized spacial score (nSPS) is 10.5. The van der Waals surface area contributed by atoms with Gasteiger partial charge in [-0.05, 0) is 18.1 Å². The fraction of sp³-hybridized carbons (Fsp3) is 1.00. The lowest BCUT2D eigenvalue weighted by Crippen LogP contribution is -2.12. The van der Waals surface area contributed by atoms with Gasteiger partial charge in [0.25, 0.3) is 0 Å². The van der Waals surface area contributed by atoms with Crippen molar-refractivity contribution >= 4 is 24.0 Å². The van der Waals surface area contributed by atoms with E-state index in [4.69, 9.17) is 5.73 Å². The molecule has 5 heteroatoms. The highest BCUT2D eigenvalue weighted by Crippen LogP contribution is 2.21. The number of hydrogen-bond acceptors (Lipinski definition) is 1. The van der Waals surface area contributed by atoms with Gasteiger partial charge in [-0.25, -0.2) is 0 Å². The van der Waals surface area contributed by atoms with Crippen LogP contribution in [0.5, 0.6) is 0 Å². The van der Waals surface area contributed by atoms with Crippen LogP contribution in [0, 0.1) is 0 Å². The van der Waals surface area contributed by atoms with Crippen LogP contribution in [0.15, 0.2) is 0 Å². The molecule has 0 heterocycles. The molecule has 0 aliphatic carbocycles. The Bertz CT molecular complexity index is 53.7. The Morgan fingerprint density at radius 1 is 1.50 bits per heavy atom. The van der Waals surface area contributed by atoms with E-state index < -0.39 is 11.8 Å². The van der Waals surface area contributed by atoms with Crippen molar-refractivity contribution in [1.29, 1.82) is 0 Å². The minimum absolute atomic E-state index is 0. The Hall–Kier alpha value is 0.400. The maximum absolute atomic E-state index is 11.4. The summed E-state index contributed by atoms with van der Waals surface area (Å²) in [5.41, 5.74) is 4.75. The molecule has 0 spiro atoms. The van der Waals surface area contributed by atoms with Crippen molar-refractivity contribution in [2.24, 2.45) is 5.73 Å². The van der Waals surface area contributed by atoms with Crippen LogP contribution in [0.1, 0.15) is 6.42 Å². The molecule has 1 nitrogen and oxygen atoms in total. The van der Waals surface area contributed by atoms with Gasteiger partial charge in [-0.2, -0.15) is 8.78 Å². The first-order chi connectivity index (χ1) is 3.06. The maximum Gasteiger partial charge on any atom is 0.322 e. The summed E-state index contributed by atoms with van der Waals surface area (Å²) in [7, 11) is 0. The van der Waals surface area contributed by atoms with Gasteiger partial charge in [0.15, 0.2) is 0 Å². The molecule has 2 N–H and O–H groups in total. The zero-order valence-electron chi connectivity index (χ0n) is 4.03. The lowest BCUT2D eigenvalue weighted by molar-refractivity contribution is 0.0891. The van der Waals surface area contributed by atoms with E-state index in [1.165, 1.54) is 0 Å². The van der Waals surface area contributed by atoms with Crippen LogP contribution in [0.4, 0.5) is 8.78 Å². The number of halogens is 4. The lowest BCUT2D eigenvalue weighted by Gasteiger charge is -2.02. The van der Waals surface area contributed by atoms with Crippen LogP contribution in [0.2, 0.25) is 0 Å². The maximum atomic E-state index is 11.4. The van der Waals surface area contributed by atoms with E-state index in [9.17, 15) is 8.78 Å². The van der Waals surface area contributed by atoms with E-state index in [2.05, 4.69) is 11.6 Å². The molecule has 0 amide bonds. The van der Waals surface area contributed by atoms with Crippen molar-refractivity contribution < 1.29 is 8.78 Å². The van der Waals surface area contributed by atoms with Crippen molar-refractivity contribution in [3.8, 4) is 0 Å². The summed E-state index contributed by atoms with van der Waals surface area (Å²) in [5, 5.41) is -3.10. The van der Waals surface area contributed by atoms with Gasteiger partial charge >= 0.3 is 5.38 Å². The summed E-state index contributed by atoms with van der Waals surface area (Å²) in [5.74, 6) is 0. The van der Waals surface area contributed by atoms with Gasteiger partial charge in [-0.3, -0.25) is 0 Å². The first kappa shape index (κ1) is 11.2. The van der Waals surface area contributed by atoms with E-state index in [0.717, 1.165) is 0 Å². The molecule has 0 saturated carbocycles. The van der Waals surface area contributed by atoms with E-state index in [1.807, 2.05) is 0 Å². The second-order valence-corrected chi connectivity index (χ2v) is 1.71. The van der Waals surface area contributed by atoms with Crippen LogP contribution < -0.4 is 5.73 Å². The van der Waals surface area contributed by atoms with Crippen molar-refractivity contribution in [3.05, 3.63) is 0 Å². The van der Waals surface area contributed by atoms with E-state index in [-0.39, 0.29) is 19.0 Å². The average Bonchev–Trinajstić information content (AvgIpc) is 1.30. The molecule has 0 aromatic heterocycles. The highest BCUT2D eigenvalue weighted by molar-refractivity contribution is 6.21. The molecule has 0 aliphatic heterocycles. The minimum atomic E-state index is -3.10. The van der Waals surface area contributed by atoms with Gasteiger partial charge < -0.3 is 5.73 Å². The van der Waals surface area contributed by atoms with Crippen LogP contribution in [-0.2, 0) is 0 Å². The van der Waals surface area contributed by atoms with Crippen molar-refractivity contribution in [2.45, 2.75) is 11.8 Å². The van der Waals surface area contributed by atoms with Crippen molar-refractivity contribution in [1.82, 2.24) is 0 Å². The minimum Gasteiger partial charge on any atom is -0.330 e. The molecule has 0 aliphatic rings. The third-order valence-corrected chi connectivity index (χ3v) is 0.617. The van der Waals surface area contributed by atoms with Crippen molar-refractivity contribution in [3.63, 3.8) is 0 Å². The number of hydrogen-bond donors (Lipinski definition) is 1. The summed E-state index contributed by atoms with van der Waals surface area (Å²) >= 11 is 4.42. The van der Waals surface area contributed by atoms with Crippen LogP contribution in [0.25, 0.3) is 0 Å². The molecule has 0 atom stereocenters. The first-order valence-electron chi connectivity index (χ1n) is 1.83. The summed E-state index contributed by atoms with van der Waals surface area (Å²) in [6.45, 7) is -0.0729. The fourth-order valence-corrected chi connectivity index (χ4v) is 0.273. The quantitative estimate of drug-likeness (QED) is 0.619. The second-order valence-electron chi connectivity index (χ2n) is 1.15. The Morgan fingerprint density at radius 3 is 1.88 bits per heavy atom. The molecule has 0 unspecified atom stereocenters. The molecule has 0 fully saturated rings. The van der Waals surface area contributed by atoms with Crippen LogP contribution in [-0.4, -0.2) is 11.9 Å². The molecule has 8 heavy (non-hydrogen) atoms. The van der Waals surface area contributed by atoms with Crippen LogP contribution in [0.3, 0.4) is 0 Å². The Morgan fingerprint density at radius 2 is 1.88 bits per heavy atom. The third kappa shape index (κ3) is 9.64. The second kappa shape index (κ2) is 4.30. The highest BCUT2D eigenvalue weighted by atomic mass is 35.5. The standard InChI is InChI=1S/C3H6ClF2N.ClH/c4-3(5,6)1-2-7;/h1-2,7H2;1H. The molecule has 0 saturated heterocycles. The SMILES string of the molecule is Cl.NCCC(F)(F)Cl. The van der Waals surface area contributed by atoms with Gasteiger partial charge in [0.2, 0.25) is 0 Å². The van der Waals surface area contributed by atoms with Gasteiger partial charge in [0.05, 0.1) is 0 Å². The van der Waals surface area contributed by atoms with E-state index in [1.54, 1.807) is 0 Å². The molecule has 0 aromatic rings. The summed E-state index contributed by atoms with van der Waals surface area (Å²) in [6.07, 6.45) is -0.450. The van der Waals surface area contributed by atoms with Gasteiger partial charge in [0, 0.05) is 6.42 Å². The molecule has 0 aromatic carbocycles. The Kier molecular flexibility index (Phi) is 6.03. The Labute approximate surface area is 57.6 Å². The summed E-state index contributed by atoms with van der Waals surface area (Å²) in [4.78, 5) is 0. The van der Waals surface area contributed by atoms with E-state index in [0.29, 0.717) is 0 Å². The topological polar surface area (TPSA) is 26.0 Å². The van der Waals surface area contributed by atoms with Gasteiger partial charge in [-0.1, -0.05) is 0 Å². The van der Waals surface area contributed by atoms with Crippen molar-refractivity contribution in [2.75, 3.05) is 6.54 Å². The number of rotatable bonds is 2. The Balaban J connectivity index is 0. The summed E-state index contributed by atoms with van der Waals surface area (Å²) < 4.78 is 22.8. The third-order valence-electron chi connectivity index (χ3n) is 0.428. The lowest BCUT2D eigenvalue weighted by atomic mass is 10.5. The van der Waals surface area contributed by atoms with E-state index >= 15 is 0 Å². The zero-order chi connectivity index (χ0) is 5.91. The number of alkyl halides is 3. The molecule has 0 radical (unpaired) electrons. The van der Waals surface area contributed by atoms with Gasteiger partial charge in [-0.15, -0.1) is 12.4 Å². The molecular weight excluding hydrogens is 159 g/mol. The van der Waals surface area contributed by atoms with Gasteiger partial charge in [0.1, 0.15) is 0 Å². The smallest absolute Gasteiger partial charge is 0.322 e. The van der Waals surface area contributed by atoms with Crippen LogP contribution >= 0.6 is 24.0 Å². The highest BCUT2D eigenvalue weighted by Gasteiger charge is 2.22. The monoisotopic (exact) mass is 165 g/mol. The largest absolute Gasteiger partial charge is 0.330 e. The average molecular weight is 166 g/mol.